The van der Waals surface area contributed by atoms with Crippen LogP contribution in [-0.2, 0) is 9.53 Å². The van der Waals surface area contributed by atoms with Crippen molar-refractivity contribution in [3.8, 4) is 17.0 Å². The predicted molar refractivity (Wildman–Crippen MR) is 116 cm³/mol. The number of aryl methyl sites for hydroxylation is 1. The molecule has 158 valence electrons. The number of nitrogens with zero attached hydrogens (tertiary/aromatic N) is 4. The SMILES string of the molecule is CCOC(=O)C1CCN(c2c(C)c(C)nc3cc(-c4ccc(OC)cc4)nn23)CC1. The van der Waals surface area contributed by atoms with E-state index in [2.05, 4.69) is 11.8 Å². The van der Waals surface area contributed by atoms with Gasteiger partial charge >= 0.3 is 5.97 Å². The standard InChI is InChI=1S/C23H28N4O3/c1-5-30-23(28)18-10-12-26(13-11-18)22-15(2)16(3)24-21-14-20(25-27(21)22)17-6-8-19(29-4)9-7-17/h6-9,14,18H,5,10-13H2,1-4H3. The van der Waals surface area contributed by atoms with Gasteiger partial charge < -0.3 is 14.4 Å². The molecule has 7 nitrogen and oxygen atoms in total. The molecular weight excluding hydrogens is 380 g/mol. The van der Waals surface area contributed by atoms with E-state index in [1.165, 1.54) is 0 Å². The van der Waals surface area contributed by atoms with Crippen molar-refractivity contribution in [1.29, 1.82) is 0 Å². The van der Waals surface area contributed by atoms with Gasteiger partial charge in [0.25, 0.3) is 0 Å². The summed E-state index contributed by atoms with van der Waals surface area (Å²) < 4.78 is 12.4. The lowest BCUT2D eigenvalue weighted by Crippen LogP contribution is -2.38. The molecule has 30 heavy (non-hydrogen) atoms. The summed E-state index contributed by atoms with van der Waals surface area (Å²) in [4.78, 5) is 19.2. The fourth-order valence-corrected chi connectivity index (χ4v) is 4.04. The highest BCUT2D eigenvalue weighted by Crippen LogP contribution is 2.30. The van der Waals surface area contributed by atoms with E-state index in [9.17, 15) is 4.79 Å². The zero-order chi connectivity index (χ0) is 21.3. The van der Waals surface area contributed by atoms with Gasteiger partial charge in [-0.3, -0.25) is 4.79 Å². The van der Waals surface area contributed by atoms with E-state index < -0.39 is 0 Å². The van der Waals surface area contributed by atoms with Crippen molar-refractivity contribution < 1.29 is 14.3 Å². The van der Waals surface area contributed by atoms with Crippen molar-refractivity contribution in [2.24, 2.45) is 5.92 Å². The van der Waals surface area contributed by atoms with Gasteiger partial charge in [-0.15, -0.1) is 0 Å². The van der Waals surface area contributed by atoms with Crippen molar-refractivity contribution in [2.45, 2.75) is 33.6 Å². The number of fused-ring (bicyclic) bond motifs is 1. The predicted octanol–water partition coefficient (Wildman–Crippen LogP) is 3.80. The molecule has 1 saturated heterocycles. The Balaban J connectivity index is 1.66. The number of ether oxygens (including phenoxy) is 2. The lowest BCUT2D eigenvalue weighted by Gasteiger charge is -2.33. The van der Waals surface area contributed by atoms with Crippen LogP contribution in [0.25, 0.3) is 16.9 Å². The molecule has 4 rings (SSSR count). The summed E-state index contributed by atoms with van der Waals surface area (Å²) in [6.07, 6.45) is 1.57. The van der Waals surface area contributed by atoms with Crippen LogP contribution in [0.15, 0.2) is 30.3 Å². The Hall–Kier alpha value is -3.09. The van der Waals surface area contributed by atoms with Crippen LogP contribution < -0.4 is 9.64 Å². The lowest BCUT2D eigenvalue weighted by atomic mass is 9.96. The molecule has 3 aromatic rings. The number of rotatable bonds is 5. The third kappa shape index (κ3) is 3.72. The van der Waals surface area contributed by atoms with E-state index in [1.807, 2.05) is 48.7 Å². The minimum Gasteiger partial charge on any atom is -0.497 e. The molecular formula is C23H28N4O3. The number of hydrogen-bond donors (Lipinski definition) is 0. The van der Waals surface area contributed by atoms with Crippen LogP contribution in [0.5, 0.6) is 5.75 Å². The Morgan fingerprint density at radius 2 is 1.87 bits per heavy atom. The van der Waals surface area contributed by atoms with E-state index >= 15 is 0 Å². The van der Waals surface area contributed by atoms with Crippen LogP contribution >= 0.6 is 0 Å². The summed E-state index contributed by atoms with van der Waals surface area (Å²) in [6, 6.07) is 9.90. The van der Waals surface area contributed by atoms with Crippen LogP contribution in [-0.4, -0.2) is 47.4 Å². The van der Waals surface area contributed by atoms with Crippen LogP contribution in [0.2, 0.25) is 0 Å². The minimum absolute atomic E-state index is 0.0209. The van der Waals surface area contributed by atoms with Gasteiger partial charge in [0.2, 0.25) is 0 Å². The molecule has 0 N–H and O–H groups in total. The molecule has 1 fully saturated rings. The van der Waals surface area contributed by atoms with Crippen molar-refractivity contribution >= 4 is 17.4 Å². The highest BCUT2D eigenvalue weighted by molar-refractivity contribution is 5.73. The number of carbonyl (C=O) groups is 1. The highest BCUT2D eigenvalue weighted by atomic mass is 16.5. The highest BCUT2D eigenvalue weighted by Gasteiger charge is 2.28. The zero-order valence-electron chi connectivity index (χ0n) is 18.0. The van der Waals surface area contributed by atoms with Gasteiger partial charge in [-0.05, 0) is 57.9 Å². The average molecular weight is 409 g/mol. The molecule has 1 aliphatic rings. The van der Waals surface area contributed by atoms with Gasteiger partial charge in [-0.1, -0.05) is 0 Å². The van der Waals surface area contributed by atoms with Crippen LogP contribution in [0.4, 0.5) is 5.82 Å². The summed E-state index contributed by atoms with van der Waals surface area (Å²) in [7, 11) is 1.66. The molecule has 0 aliphatic carbocycles. The van der Waals surface area contributed by atoms with E-state index in [-0.39, 0.29) is 11.9 Å². The number of hydrogen-bond acceptors (Lipinski definition) is 6. The molecule has 0 amide bonds. The number of methoxy groups -OCH3 is 1. The van der Waals surface area contributed by atoms with E-state index in [0.29, 0.717) is 6.61 Å². The van der Waals surface area contributed by atoms with Gasteiger partial charge in [0.1, 0.15) is 11.6 Å². The second-order valence-corrected chi connectivity index (χ2v) is 7.69. The van der Waals surface area contributed by atoms with Gasteiger partial charge in [0.05, 0.1) is 25.3 Å². The fraction of sp³-hybridized carbons (Fsp3) is 0.435. The Kier molecular flexibility index (Phi) is 5.61. The first-order chi connectivity index (χ1) is 14.5. The molecule has 3 heterocycles. The van der Waals surface area contributed by atoms with Gasteiger partial charge in [0, 0.05) is 36.0 Å². The van der Waals surface area contributed by atoms with Gasteiger partial charge in [-0.25, -0.2) is 4.98 Å². The van der Waals surface area contributed by atoms with Gasteiger partial charge in [-0.2, -0.15) is 9.61 Å². The number of esters is 1. The monoisotopic (exact) mass is 408 g/mol. The topological polar surface area (TPSA) is 69.0 Å². The van der Waals surface area contributed by atoms with E-state index in [0.717, 1.165) is 65.7 Å². The van der Waals surface area contributed by atoms with Crippen LogP contribution in [0.1, 0.15) is 31.0 Å². The largest absolute Gasteiger partial charge is 0.497 e. The lowest BCUT2D eigenvalue weighted by molar-refractivity contribution is -0.148. The van der Waals surface area contributed by atoms with Crippen molar-refractivity contribution in [3.63, 3.8) is 0 Å². The molecule has 0 spiro atoms. The number of carbonyl (C=O) groups excluding carboxylic acids is 1. The summed E-state index contributed by atoms with van der Waals surface area (Å²) in [5, 5.41) is 4.88. The van der Waals surface area contributed by atoms with Crippen molar-refractivity contribution in [3.05, 3.63) is 41.6 Å². The summed E-state index contributed by atoms with van der Waals surface area (Å²) in [5.41, 5.74) is 4.82. The summed E-state index contributed by atoms with van der Waals surface area (Å²) in [5.74, 6) is 1.77. The Bertz CT molecular complexity index is 1050. The number of anilines is 1. The maximum atomic E-state index is 12.1. The second kappa shape index (κ2) is 8.34. The summed E-state index contributed by atoms with van der Waals surface area (Å²) >= 11 is 0. The van der Waals surface area contributed by atoms with E-state index in [4.69, 9.17) is 19.6 Å². The Morgan fingerprint density at radius 1 is 1.17 bits per heavy atom. The third-order valence-corrected chi connectivity index (χ3v) is 5.85. The third-order valence-electron chi connectivity index (χ3n) is 5.85. The first-order valence-corrected chi connectivity index (χ1v) is 10.4. The first-order valence-electron chi connectivity index (χ1n) is 10.4. The first kappa shape index (κ1) is 20.2. The van der Waals surface area contributed by atoms with Crippen LogP contribution in [0.3, 0.4) is 0 Å². The Labute approximate surface area is 176 Å². The zero-order valence-corrected chi connectivity index (χ0v) is 18.0. The molecule has 0 bridgehead atoms. The quantitative estimate of drug-likeness (QED) is 0.598. The molecule has 0 saturated carbocycles. The molecule has 7 heteroatoms. The minimum atomic E-state index is -0.0780. The number of piperidine rings is 1. The summed E-state index contributed by atoms with van der Waals surface area (Å²) in [6.45, 7) is 7.99. The fourth-order valence-electron chi connectivity index (χ4n) is 4.04. The molecule has 2 aromatic heterocycles. The molecule has 1 aliphatic heterocycles. The van der Waals surface area contributed by atoms with Crippen LogP contribution in [0, 0.1) is 19.8 Å². The molecule has 1 aromatic carbocycles. The smallest absolute Gasteiger partial charge is 0.309 e. The van der Waals surface area contributed by atoms with E-state index in [1.54, 1.807) is 7.11 Å². The maximum absolute atomic E-state index is 12.1. The Morgan fingerprint density at radius 3 is 2.50 bits per heavy atom. The van der Waals surface area contributed by atoms with Gasteiger partial charge in [0.15, 0.2) is 5.65 Å². The normalized spacial score (nSPS) is 14.9. The molecule has 0 unspecified atom stereocenters. The number of aromatic nitrogens is 3. The molecule has 0 atom stereocenters. The second-order valence-electron chi connectivity index (χ2n) is 7.69. The van der Waals surface area contributed by atoms with Crippen molar-refractivity contribution in [2.75, 3.05) is 31.7 Å². The molecule has 0 radical (unpaired) electrons. The average Bonchev–Trinajstić information content (AvgIpc) is 3.18. The van der Waals surface area contributed by atoms with Crippen molar-refractivity contribution in [1.82, 2.24) is 14.6 Å². The maximum Gasteiger partial charge on any atom is 0.309 e. The number of benzene rings is 1.